The van der Waals surface area contributed by atoms with Gasteiger partial charge < -0.3 is 9.64 Å². The third-order valence-corrected chi connectivity index (χ3v) is 4.71. The van der Waals surface area contributed by atoms with Crippen molar-refractivity contribution >= 4 is 11.7 Å². The standard InChI is InChI=1S/C19H29NO2/c1-4-22-19(21)14-16-11-9-15(10-12-16)13-17-7-5-6-8-18(17)20(2)3/h5-8,15-16H,4,9-14H2,1-3H3. The van der Waals surface area contributed by atoms with Crippen molar-refractivity contribution in [3.05, 3.63) is 29.8 Å². The van der Waals surface area contributed by atoms with E-state index in [2.05, 4.69) is 43.3 Å². The Labute approximate surface area is 134 Å². The van der Waals surface area contributed by atoms with Crippen molar-refractivity contribution in [3.8, 4) is 0 Å². The van der Waals surface area contributed by atoms with Gasteiger partial charge in [0.1, 0.15) is 0 Å². The summed E-state index contributed by atoms with van der Waals surface area (Å²) in [5, 5.41) is 0. The molecule has 0 radical (unpaired) electrons. The molecule has 1 aliphatic carbocycles. The summed E-state index contributed by atoms with van der Waals surface area (Å²) in [7, 11) is 4.21. The fourth-order valence-electron chi connectivity index (χ4n) is 3.53. The molecule has 0 atom stereocenters. The number of ether oxygens (including phenoxy) is 1. The van der Waals surface area contributed by atoms with Gasteiger partial charge in [-0.25, -0.2) is 0 Å². The van der Waals surface area contributed by atoms with Crippen LogP contribution in [0.25, 0.3) is 0 Å². The Hall–Kier alpha value is -1.51. The van der Waals surface area contributed by atoms with Gasteiger partial charge in [-0.1, -0.05) is 18.2 Å². The van der Waals surface area contributed by atoms with Crippen molar-refractivity contribution < 1.29 is 9.53 Å². The third-order valence-electron chi connectivity index (χ3n) is 4.71. The first-order valence-corrected chi connectivity index (χ1v) is 8.51. The maximum absolute atomic E-state index is 11.6. The Morgan fingerprint density at radius 3 is 2.41 bits per heavy atom. The molecule has 0 N–H and O–H groups in total. The third kappa shape index (κ3) is 4.75. The molecule has 0 aliphatic heterocycles. The van der Waals surface area contributed by atoms with E-state index in [0.717, 1.165) is 25.2 Å². The average Bonchev–Trinajstić information content (AvgIpc) is 2.50. The molecule has 22 heavy (non-hydrogen) atoms. The molecule has 0 spiro atoms. The van der Waals surface area contributed by atoms with Gasteiger partial charge in [-0.05, 0) is 62.5 Å². The first-order chi connectivity index (χ1) is 10.6. The fraction of sp³-hybridized carbons (Fsp3) is 0.632. The van der Waals surface area contributed by atoms with Crippen molar-refractivity contribution in [3.63, 3.8) is 0 Å². The number of esters is 1. The zero-order chi connectivity index (χ0) is 15.9. The molecule has 1 aliphatic rings. The SMILES string of the molecule is CCOC(=O)CC1CCC(Cc2ccccc2N(C)C)CC1. The van der Waals surface area contributed by atoms with E-state index < -0.39 is 0 Å². The van der Waals surface area contributed by atoms with Crippen molar-refractivity contribution in [2.75, 3.05) is 25.6 Å². The lowest BCUT2D eigenvalue weighted by atomic mass is 9.78. The topological polar surface area (TPSA) is 29.5 Å². The Balaban J connectivity index is 1.84. The van der Waals surface area contributed by atoms with Gasteiger partial charge in [-0.2, -0.15) is 0 Å². The predicted molar refractivity (Wildman–Crippen MR) is 91.2 cm³/mol. The minimum atomic E-state index is -0.0242. The molecule has 2 rings (SSSR count). The molecule has 0 bridgehead atoms. The van der Waals surface area contributed by atoms with Crippen LogP contribution in [0.3, 0.4) is 0 Å². The van der Waals surface area contributed by atoms with Crippen LogP contribution in [-0.2, 0) is 16.0 Å². The molecule has 122 valence electrons. The number of benzene rings is 1. The number of hydrogen-bond donors (Lipinski definition) is 0. The van der Waals surface area contributed by atoms with Crippen molar-refractivity contribution in [1.29, 1.82) is 0 Å². The van der Waals surface area contributed by atoms with Crippen molar-refractivity contribution in [1.82, 2.24) is 0 Å². The molecule has 3 nitrogen and oxygen atoms in total. The van der Waals surface area contributed by atoms with Gasteiger partial charge >= 0.3 is 5.97 Å². The highest BCUT2D eigenvalue weighted by atomic mass is 16.5. The average molecular weight is 303 g/mol. The number of anilines is 1. The Kier molecular flexibility index (Phi) is 6.29. The second-order valence-electron chi connectivity index (χ2n) is 6.62. The number of rotatable bonds is 6. The molecule has 1 aromatic rings. The minimum absolute atomic E-state index is 0.0242. The summed E-state index contributed by atoms with van der Waals surface area (Å²) in [4.78, 5) is 13.8. The molecule has 1 aromatic carbocycles. The lowest BCUT2D eigenvalue weighted by Crippen LogP contribution is -2.20. The molecule has 3 heteroatoms. The summed E-state index contributed by atoms with van der Waals surface area (Å²) < 4.78 is 5.06. The molecule has 0 heterocycles. The van der Waals surface area contributed by atoms with Crippen LogP contribution in [0, 0.1) is 11.8 Å². The molecular weight excluding hydrogens is 274 g/mol. The van der Waals surface area contributed by atoms with E-state index in [1.807, 2.05) is 6.92 Å². The Bertz CT molecular complexity index is 476. The maximum Gasteiger partial charge on any atom is 0.306 e. The first-order valence-electron chi connectivity index (χ1n) is 8.51. The van der Waals surface area contributed by atoms with Gasteiger partial charge in [0, 0.05) is 26.2 Å². The smallest absolute Gasteiger partial charge is 0.306 e. The van der Waals surface area contributed by atoms with Gasteiger partial charge in [0.25, 0.3) is 0 Å². The van der Waals surface area contributed by atoms with Gasteiger partial charge in [0.2, 0.25) is 0 Å². The Morgan fingerprint density at radius 2 is 1.77 bits per heavy atom. The van der Waals surface area contributed by atoms with Gasteiger partial charge in [-0.15, -0.1) is 0 Å². The van der Waals surface area contributed by atoms with Crippen LogP contribution in [-0.4, -0.2) is 26.7 Å². The van der Waals surface area contributed by atoms with E-state index in [0.29, 0.717) is 18.9 Å². The zero-order valence-corrected chi connectivity index (χ0v) is 14.2. The molecule has 1 fully saturated rings. The van der Waals surface area contributed by atoms with E-state index in [4.69, 9.17) is 4.74 Å². The van der Waals surface area contributed by atoms with Crippen LogP contribution < -0.4 is 4.90 Å². The largest absolute Gasteiger partial charge is 0.466 e. The molecule has 0 unspecified atom stereocenters. The number of nitrogens with zero attached hydrogens (tertiary/aromatic N) is 1. The van der Waals surface area contributed by atoms with E-state index >= 15 is 0 Å². The van der Waals surface area contributed by atoms with E-state index in [9.17, 15) is 4.79 Å². The zero-order valence-electron chi connectivity index (χ0n) is 14.2. The van der Waals surface area contributed by atoms with Gasteiger partial charge in [-0.3, -0.25) is 4.79 Å². The summed E-state index contributed by atoms with van der Waals surface area (Å²) >= 11 is 0. The molecule has 0 amide bonds. The summed E-state index contributed by atoms with van der Waals surface area (Å²) in [5.41, 5.74) is 2.78. The van der Waals surface area contributed by atoms with Crippen LogP contribution in [0.5, 0.6) is 0 Å². The van der Waals surface area contributed by atoms with Crippen molar-refractivity contribution in [2.45, 2.75) is 45.4 Å². The minimum Gasteiger partial charge on any atom is -0.466 e. The summed E-state index contributed by atoms with van der Waals surface area (Å²) in [6, 6.07) is 8.69. The molecule has 0 saturated heterocycles. The number of para-hydroxylation sites is 1. The highest BCUT2D eigenvalue weighted by Crippen LogP contribution is 2.34. The molecular formula is C19H29NO2. The number of carbonyl (C=O) groups excluding carboxylic acids is 1. The van der Waals surface area contributed by atoms with Gasteiger partial charge in [0.05, 0.1) is 6.61 Å². The fourth-order valence-corrected chi connectivity index (χ4v) is 3.53. The highest BCUT2D eigenvalue weighted by Gasteiger charge is 2.24. The summed E-state index contributed by atoms with van der Waals surface area (Å²) in [6.45, 7) is 2.37. The van der Waals surface area contributed by atoms with Crippen LogP contribution in [0.1, 0.15) is 44.6 Å². The maximum atomic E-state index is 11.6. The monoisotopic (exact) mass is 303 g/mol. The second-order valence-corrected chi connectivity index (χ2v) is 6.62. The van der Waals surface area contributed by atoms with Crippen LogP contribution >= 0.6 is 0 Å². The Morgan fingerprint density at radius 1 is 1.14 bits per heavy atom. The van der Waals surface area contributed by atoms with E-state index in [1.54, 1.807) is 0 Å². The summed E-state index contributed by atoms with van der Waals surface area (Å²) in [6.07, 6.45) is 6.54. The van der Waals surface area contributed by atoms with Crippen LogP contribution in [0.15, 0.2) is 24.3 Å². The van der Waals surface area contributed by atoms with E-state index in [-0.39, 0.29) is 5.97 Å². The second kappa shape index (κ2) is 8.21. The molecule has 1 saturated carbocycles. The molecule has 0 aromatic heterocycles. The van der Waals surface area contributed by atoms with Gasteiger partial charge in [0.15, 0.2) is 0 Å². The number of hydrogen-bond acceptors (Lipinski definition) is 3. The lowest BCUT2D eigenvalue weighted by Gasteiger charge is -2.29. The first kappa shape index (κ1) is 16.9. The van der Waals surface area contributed by atoms with E-state index in [1.165, 1.54) is 24.1 Å². The van der Waals surface area contributed by atoms with Crippen LogP contribution in [0.2, 0.25) is 0 Å². The van der Waals surface area contributed by atoms with Crippen molar-refractivity contribution in [2.24, 2.45) is 11.8 Å². The number of carbonyl (C=O) groups is 1. The highest BCUT2D eigenvalue weighted by molar-refractivity contribution is 5.69. The normalized spacial score (nSPS) is 21.4. The summed E-state index contributed by atoms with van der Waals surface area (Å²) in [5.74, 6) is 1.25. The lowest BCUT2D eigenvalue weighted by molar-refractivity contribution is -0.144. The van der Waals surface area contributed by atoms with Crippen LogP contribution in [0.4, 0.5) is 5.69 Å². The predicted octanol–water partition coefficient (Wildman–Crippen LogP) is 4.05. The quantitative estimate of drug-likeness (QED) is 0.742.